The summed E-state index contributed by atoms with van der Waals surface area (Å²) in [5.41, 5.74) is 8.18. The molecule has 3 rings (SSSR count). The van der Waals surface area contributed by atoms with Gasteiger partial charge in [0.05, 0.1) is 16.7 Å². The Morgan fingerprint density at radius 2 is 2.15 bits per heavy atom. The number of rotatable bonds is 3. The van der Waals surface area contributed by atoms with E-state index in [1.54, 1.807) is 0 Å². The van der Waals surface area contributed by atoms with Crippen molar-refractivity contribution in [3.63, 3.8) is 0 Å². The monoisotopic (exact) mass is 351 g/mol. The van der Waals surface area contributed by atoms with Crippen molar-refractivity contribution in [1.82, 2.24) is 4.98 Å². The molecule has 2 heterocycles. The molecule has 1 aromatic heterocycles. The molecule has 0 spiro atoms. The fourth-order valence-corrected chi connectivity index (χ4v) is 4.29. The van der Waals surface area contributed by atoms with Crippen molar-refractivity contribution in [3.05, 3.63) is 34.9 Å². The van der Waals surface area contributed by atoms with E-state index in [0.29, 0.717) is 6.54 Å². The molecule has 0 amide bonds. The molecule has 2 aromatic rings. The Balaban J connectivity index is 1.97. The van der Waals surface area contributed by atoms with Crippen LogP contribution in [-0.4, -0.2) is 28.6 Å². The van der Waals surface area contributed by atoms with Crippen molar-refractivity contribution in [3.8, 4) is 0 Å². The van der Waals surface area contributed by atoms with Crippen LogP contribution in [0.15, 0.2) is 34.9 Å². The second kappa shape index (κ2) is 5.92. The number of para-hydroxylation sites is 1. The molecule has 1 saturated heterocycles. The van der Waals surface area contributed by atoms with Crippen LogP contribution in [0.2, 0.25) is 0 Å². The second-order valence-electron chi connectivity index (χ2n) is 5.25. The van der Waals surface area contributed by atoms with E-state index in [1.165, 1.54) is 11.5 Å². The Morgan fingerprint density at radius 1 is 1.35 bits per heavy atom. The summed E-state index contributed by atoms with van der Waals surface area (Å²) < 4.78 is 1.00. The molecule has 0 saturated carbocycles. The minimum atomic E-state index is 0.0221. The van der Waals surface area contributed by atoms with E-state index in [1.807, 2.05) is 18.0 Å². The van der Waals surface area contributed by atoms with Gasteiger partial charge in [0.2, 0.25) is 0 Å². The molecule has 20 heavy (non-hydrogen) atoms. The number of thioether (sulfide) groups is 1. The van der Waals surface area contributed by atoms with Gasteiger partial charge in [-0.3, -0.25) is 4.98 Å². The van der Waals surface area contributed by atoms with E-state index in [-0.39, 0.29) is 5.54 Å². The summed E-state index contributed by atoms with van der Waals surface area (Å²) in [6, 6.07) is 8.35. The first-order valence-corrected chi connectivity index (χ1v) is 8.77. The lowest BCUT2D eigenvalue weighted by molar-refractivity contribution is 0.443. The molecule has 1 aromatic carbocycles. The molecule has 3 N–H and O–H groups in total. The number of nitrogens with zero attached hydrogens (tertiary/aromatic N) is 1. The van der Waals surface area contributed by atoms with Crippen LogP contribution in [0.3, 0.4) is 0 Å². The lowest BCUT2D eigenvalue weighted by Gasteiger charge is -2.38. The first-order valence-electron chi connectivity index (χ1n) is 6.83. The number of halogens is 1. The molecule has 0 radical (unpaired) electrons. The van der Waals surface area contributed by atoms with E-state index in [2.05, 4.69) is 50.5 Å². The summed E-state index contributed by atoms with van der Waals surface area (Å²) in [7, 11) is 0. The number of nitrogens with two attached hydrogens (primary N) is 1. The third-order valence-corrected chi connectivity index (χ3v) is 5.34. The number of hydrogen-bond donors (Lipinski definition) is 2. The molecule has 5 heteroatoms. The average molecular weight is 352 g/mol. The van der Waals surface area contributed by atoms with Crippen LogP contribution < -0.4 is 11.1 Å². The molecular formula is C15H18BrN3S. The minimum absolute atomic E-state index is 0.0221. The molecule has 3 nitrogen and oxygen atoms in total. The van der Waals surface area contributed by atoms with Gasteiger partial charge in [-0.05, 0) is 52.4 Å². The maximum Gasteiger partial charge on any atom is 0.0934 e. The summed E-state index contributed by atoms with van der Waals surface area (Å²) in [6.45, 7) is 0.667. The van der Waals surface area contributed by atoms with Crippen molar-refractivity contribution < 1.29 is 0 Å². The largest absolute Gasteiger partial charge is 0.377 e. The lowest BCUT2D eigenvalue weighted by atomic mass is 9.91. The first-order chi connectivity index (χ1) is 9.72. The van der Waals surface area contributed by atoms with E-state index in [0.717, 1.165) is 33.9 Å². The highest BCUT2D eigenvalue weighted by Gasteiger charge is 2.31. The van der Waals surface area contributed by atoms with Crippen molar-refractivity contribution in [2.75, 3.05) is 23.4 Å². The fourth-order valence-electron chi connectivity index (χ4n) is 2.66. The molecule has 106 valence electrons. The van der Waals surface area contributed by atoms with Gasteiger partial charge in [0.1, 0.15) is 0 Å². The molecule has 0 bridgehead atoms. The van der Waals surface area contributed by atoms with Crippen molar-refractivity contribution in [2.24, 2.45) is 5.73 Å². The van der Waals surface area contributed by atoms with E-state index >= 15 is 0 Å². The number of anilines is 1. The minimum Gasteiger partial charge on any atom is -0.377 e. The Hall–Kier alpha value is -0.780. The smallest absolute Gasteiger partial charge is 0.0934 e. The Labute approximate surface area is 131 Å². The van der Waals surface area contributed by atoms with Gasteiger partial charge in [-0.1, -0.05) is 12.1 Å². The maximum atomic E-state index is 6.05. The summed E-state index contributed by atoms with van der Waals surface area (Å²) in [5.74, 6) is 2.35. The quantitative estimate of drug-likeness (QED) is 0.886. The summed E-state index contributed by atoms with van der Waals surface area (Å²) in [4.78, 5) is 4.56. The molecule has 0 aliphatic carbocycles. The standard InChI is InChI=1S/C15H18BrN3S/c16-12-8-11-2-1-3-13(14(11)18-9-12)19-15(10-17)4-6-20-7-5-15/h1-3,8-9,19H,4-7,10,17H2. The number of hydrogen-bond acceptors (Lipinski definition) is 4. The van der Waals surface area contributed by atoms with Gasteiger partial charge in [-0.2, -0.15) is 11.8 Å². The van der Waals surface area contributed by atoms with Gasteiger partial charge in [0.15, 0.2) is 0 Å². The van der Waals surface area contributed by atoms with Crippen LogP contribution in [0.25, 0.3) is 10.9 Å². The van der Waals surface area contributed by atoms with Crippen molar-refractivity contribution in [2.45, 2.75) is 18.4 Å². The van der Waals surface area contributed by atoms with Crippen LogP contribution in [0.5, 0.6) is 0 Å². The van der Waals surface area contributed by atoms with Crippen LogP contribution in [-0.2, 0) is 0 Å². The van der Waals surface area contributed by atoms with Gasteiger partial charge < -0.3 is 11.1 Å². The lowest BCUT2D eigenvalue weighted by Crippen LogP contribution is -2.48. The normalized spacial score (nSPS) is 18.1. The summed E-state index contributed by atoms with van der Waals surface area (Å²) >= 11 is 5.49. The number of pyridine rings is 1. The predicted octanol–water partition coefficient (Wildman–Crippen LogP) is 3.63. The van der Waals surface area contributed by atoms with Crippen LogP contribution in [0, 0.1) is 0 Å². The van der Waals surface area contributed by atoms with Crippen LogP contribution in [0.4, 0.5) is 5.69 Å². The third-order valence-electron chi connectivity index (χ3n) is 3.92. The predicted molar refractivity (Wildman–Crippen MR) is 91.4 cm³/mol. The summed E-state index contributed by atoms with van der Waals surface area (Å²) in [5, 5.41) is 4.83. The van der Waals surface area contributed by atoms with Crippen molar-refractivity contribution >= 4 is 44.3 Å². The fraction of sp³-hybridized carbons (Fsp3) is 0.400. The van der Waals surface area contributed by atoms with Gasteiger partial charge in [-0.25, -0.2) is 0 Å². The number of aromatic nitrogens is 1. The molecular weight excluding hydrogens is 334 g/mol. The average Bonchev–Trinajstić information content (AvgIpc) is 2.48. The van der Waals surface area contributed by atoms with E-state index in [9.17, 15) is 0 Å². The molecule has 1 aliphatic rings. The van der Waals surface area contributed by atoms with E-state index < -0.39 is 0 Å². The highest BCUT2D eigenvalue weighted by atomic mass is 79.9. The zero-order valence-electron chi connectivity index (χ0n) is 11.2. The molecule has 0 unspecified atom stereocenters. The summed E-state index contributed by atoms with van der Waals surface area (Å²) in [6.07, 6.45) is 4.07. The van der Waals surface area contributed by atoms with Crippen LogP contribution in [0.1, 0.15) is 12.8 Å². The van der Waals surface area contributed by atoms with Gasteiger partial charge in [-0.15, -0.1) is 0 Å². The molecule has 1 fully saturated rings. The zero-order valence-corrected chi connectivity index (χ0v) is 13.6. The Morgan fingerprint density at radius 3 is 2.90 bits per heavy atom. The third kappa shape index (κ3) is 2.80. The molecule has 1 aliphatic heterocycles. The number of benzene rings is 1. The Kier molecular flexibility index (Phi) is 4.19. The second-order valence-corrected chi connectivity index (χ2v) is 7.39. The SMILES string of the molecule is NCC1(Nc2cccc3cc(Br)cnc23)CCSCC1. The van der Waals surface area contributed by atoms with Crippen molar-refractivity contribution in [1.29, 1.82) is 0 Å². The van der Waals surface area contributed by atoms with Gasteiger partial charge >= 0.3 is 0 Å². The highest BCUT2D eigenvalue weighted by Crippen LogP contribution is 2.32. The number of nitrogens with one attached hydrogen (secondary N) is 1. The molecule has 0 atom stereocenters. The Bertz CT molecular complexity index is 611. The van der Waals surface area contributed by atoms with Gasteiger partial charge in [0, 0.05) is 22.6 Å². The maximum absolute atomic E-state index is 6.05. The highest BCUT2D eigenvalue weighted by molar-refractivity contribution is 9.10. The zero-order chi connectivity index (χ0) is 14.0. The van der Waals surface area contributed by atoms with Crippen LogP contribution >= 0.6 is 27.7 Å². The number of fused-ring (bicyclic) bond motifs is 1. The topological polar surface area (TPSA) is 50.9 Å². The first kappa shape index (κ1) is 14.2. The van der Waals surface area contributed by atoms with E-state index in [4.69, 9.17) is 5.73 Å². The van der Waals surface area contributed by atoms with Gasteiger partial charge in [0.25, 0.3) is 0 Å².